The minimum atomic E-state index is -0.155. The van der Waals surface area contributed by atoms with Crippen molar-refractivity contribution < 1.29 is 19.0 Å². The number of nitrogens with one attached hydrogen (secondary N) is 1. The highest BCUT2D eigenvalue weighted by Crippen LogP contribution is 2.28. The second kappa shape index (κ2) is 11.5. The molecular weight excluding hydrogens is 368 g/mol. The van der Waals surface area contributed by atoms with Crippen LogP contribution in [0, 0.1) is 0 Å². The fourth-order valence-corrected chi connectivity index (χ4v) is 3.23. The van der Waals surface area contributed by atoms with E-state index in [1.165, 1.54) is 10.8 Å². The molecule has 0 bridgehead atoms. The van der Waals surface area contributed by atoms with Crippen molar-refractivity contribution >= 4 is 27.5 Å². The average molecular weight is 396 g/mol. The Kier molecular flexibility index (Phi) is 8.40. The van der Waals surface area contributed by atoms with Crippen LogP contribution in [-0.2, 0) is 25.6 Å². The number of ether oxygens (including phenoxy) is 3. The molecule has 0 saturated carbocycles. The lowest BCUT2D eigenvalue weighted by molar-refractivity contribution is -0.126. The second-order valence-electron chi connectivity index (χ2n) is 6.65. The molecule has 6 nitrogen and oxygen atoms in total. The van der Waals surface area contributed by atoms with E-state index in [1.807, 2.05) is 24.3 Å². The molecule has 154 valence electrons. The SMILES string of the molecule is NCCOCCOCCNC(=O)COCc1c2ccccc2cc2ccccc12. The summed E-state index contributed by atoms with van der Waals surface area (Å²) in [6.07, 6.45) is 0. The minimum absolute atomic E-state index is 0.0111. The summed E-state index contributed by atoms with van der Waals surface area (Å²) in [7, 11) is 0. The van der Waals surface area contributed by atoms with Crippen LogP contribution >= 0.6 is 0 Å². The maximum atomic E-state index is 12.0. The number of benzene rings is 3. The molecule has 0 aromatic heterocycles. The van der Waals surface area contributed by atoms with Gasteiger partial charge in [-0.05, 0) is 33.2 Å². The standard InChI is InChI=1S/C23H28N2O4/c24-9-11-27-13-14-28-12-10-25-23(26)17-29-16-22-20-7-3-1-5-18(20)15-19-6-2-4-8-21(19)22/h1-8,15H,9-14,16-17,24H2,(H,25,26). The normalized spacial score (nSPS) is 11.2. The van der Waals surface area contributed by atoms with Crippen molar-refractivity contribution in [2.24, 2.45) is 5.73 Å². The fourth-order valence-electron chi connectivity index (χ4n) is 3.23. The van der Waals surface area contributed by atoms with Gasteiger partial charge in [-0.25, -0.2) is 0 Å². The van der Waals surface area contributed by atoms with E-state index in [0.29, 0.717) is 46.1 Å². The largest absolute Gasteiger partial charge is 0.378 e. The van der Waals surface area contributed by atoms with E-state index in [4.69, 9.17) is 19.9 Å². The van der Waals surface area contributed by atoms with Gasteiger partial charge in [0.2, 0.25) is 5.91 Å². The molecule has 3 aromatic carbocycles. The first kappa shape index (κ1) is 21.2. The first-order valence-corrected chi connectivity index (χ1v) is 9.89. The highest BCUT2D eigenvalue weighted by Gasteiger charge is 2.09. The van der Waals surface area contributed by atoms with E-state index < -0.39 is 0 Å². The van der Waals surface area contributed by atoms with Gasteiger partial charge in [-0.1, -0.05) is 48.5 Å². The molecule has 29 heavy (non-hydrogen) atoms. The van der Waals surface area contributed by atoms with Crippen LogP contribution in [0.4, 0.5) is 0 Å². The summed E-state index contributed by atoms with van der Waals surface area (Å²) in [5, 5.41) is 7.43. The van der Waals surface area contributed by atoms with Crippen LogP contribution in [0.5, 0.6) is 0 Å². The van der Waals surface area contributed by atoms with Crippen LogP contribution < -0.4 is 11.1 Å². The zero-order chi connectivity index (χ0) is 20.3. The molecule has 0 radical (unpaired) electrons. The van der Waals surface area contributed by atoms with Gasteiger partial charge < -0.3 is 25.3 Å². The predicted molar refractivity (Wildman–Crippen MR) is 115 cm³/mol. The van der Waals surface area contributed by atoms with Gasteiger partial charge in [0, 0.05) is 13.1 Å². The Bertz CT molecular complexity index is 875. The van der Waals surface area contributed by atoms with Crippen molar-refractivity contribution in [3.63, 3.8) is 0 Å². The Balaban J connectivity index is 1.46. The lowest BCUT2D eigenvalue weighted by atomic mass is 9.97. The smallest absolute Gasteiger partial charge is 0.246 e. The number of hydrogen-bond donors (Lipinski definition) is 2. The van der Waals surface area contributed by atoms with Gasteiger partial charge in [0.15, 0.2) is 0 Å². The lowest BCUT2D eigenvalue weighted by Gasteiger charge is -2.12. The van der Waals surface area contributed by atoms with Gasteiger partial charge in [-0.2, -0.15) is 0 Å². The summed E-state index contributed by atoms with van der Waals surface area (Å²) in [5.41, 5.74) is 6.43. The third kappa shape index (κ3) is 6.24. The molecule has 0 spiro atoms. The highest BCUT2D eigenvalue weighted by molar-refractivity contribution is 6.02. The Morgan fingerprint density at radius 1 is 0.828 bits per heavy atom. The molecule has 0 saturated heterocycles. The Morgan fingerprint density at radius 3 is 2.10 bits per heavy atom. The van der Waals surface area contributed by atoms with E-state index in [9.17, 15) is 4.79 Å². The van der Waals surface area contributed by atoms with Crippen LogP contribution in [0.15, 0.2) is 54.6 Å². The van der Waals surface area contributed by atoms with Gasteiger partial charge in [0.05, 0.1) is 33.0 Å². The van der Waals surface area contributed by atoms with Crippen LogP contribution in [0.2, 0.25) is 0 Å². The van der Waals surface area contributed by atoms with Crippen molar-refractivity contribution in [2.45, 2.75) is 6.61 Å². The zero-order valence-electron chi connectivity index (χ0n) is 16.6. The second-order valence-corrected chi connectivity index (χ2v) is 6.65. The number of fused-ring (bicyclic) bond motifs is 2. The first-order valence-electron chi connectivity index (χ1n) is 9.89. The van der Waals surface area contributed by atoms with Gasteiger partial charge in [-0.3, -0.25) is 4.79 Å². The summed E-state index contributed by atoms with van der Waals surface area (Å²) < 4.78 is 16.3. The molecule has 0 unspecified atom stereocenters. The summed E-state index contributed by atoms with van der Waals surface area (Å²) in [5.74, 6) is -0.155. The van der Waals surface area contributed by atoms with Crippen molar-refractivity contribution in [3.05, 3.63) is 60.2 Å². The van der Waals surface area contributed by atoms with Crippen molar-refractivity contribution in [1.29, 1.82) is 0 Å². The number of carbonyl (C=O) groups is 1. The first-order chi connectivity index (χ1) is 14.3. The number of hydrogen-bond acceptors (Lipinski definition) is 5. The molecular formula is C23H28N2O4. The van der Waals surface area contributed by atoms with Crippen molar-refractivity contribution in [3.8, 4) is 0 Å². The van der Waals surface area contributed by atoms with E-state index >= 15 is 0 Å². The van der Waals surface area contributed by atoms with Gasteiger partial charge in [0.1, 0.15) is 6.61 Å². The zero-order valence-corrected chi connectivity index (χ0v) is 16.6. The number of amides is 1. The quantitative estimate of drug-likeness (QED) is 0.363. The maximum absolute atomic E-state index is 12.0. The molecule has 0 aliphatic heterocycles. The third-order valence-corrected chi connectivity index (χ3v) is 4.57. The molecule has 3 rings (SSSR count). The molecule has 0 heterocycles. The average Bonchev–Trinajstić information content (AvgIpc) is 2.75. The summed E-state index contributed by atoms with van der Waals surface area (Å²) in [6, 6.07) is 18.7. The molecule has 3 N–H and O–H groups in total. The molecule has 6 heteroatoms. The Labute approximate surface area is 170 Å². The van der Waals surface area contributed by atoms with Crippen LogP contribution in [0.25, 0.3) is 21.5 Å². The number of rotatable bonds is 12. The van der Waals surface area contributed by atoms with E-state index in [1.54, 1.807) is 0 Å². The van der Waals surface area contributed by atoms with Crippen LogP contribution in [-0.4, -0.2) is 52.0 Å². The highest BCUT2D eigenvalue weighted by atomic mass is 16.5. The Morgan fingerprint density at radius 2 is 1.45 bits per heavy atom. The van der Waals surface area contributed by atoms with Gasteiger partial charge in [0.25, 0.3) is 0 Å². The topological polar surface area (TPSA) is 82.8 Å². The van der Waals surface area contributed by atoms with E-state index in [2.05, 4.69) is 35.6 Å². The van der Waals surface area contributed by atoms with Gasteiger partial charge in [-0.15, -0.1) is 0 Å². The summed E-state index contributed by atoms with van der Waals surface area (Å²) in [4.78, 5) is 12.0. The predicted octanol–water partition coefficient (Wildman–Crippen LogP) is 2.62. The molecule has 0 fully saturated rings. The lowest BCUT2D eigenvalue weighted by Crippen LogP contribution is -2.31. The van der Waals surface area contributed by atoms with Crippen LogP contribution in [0.1, 0.15) is 5.56 Å². The molecule has 0 aliphatic rings. The fraction of sp³-hybridized carbons (Fsp3) is 0.348. The van der Waals surface area contributed by atoms with E-state index in [-0.39, 0.29) is 12.5 Å². The summed E-state index contributed by atoms with van der Waals surface area (Å²) in [6.45, 7) is 3.30. The molecule has 3 aromatic rings. The minimum Gasteiger partial charge on any atom is -0.378 e. The summed E-state index contributed by atoms with van der Waals surface area (Å²) >= 11 is 0. The number of carbonyl (C=O) groups excluding carboxylic acids is 1. The Hall–Kier alpha value is -2.51. The molecule has 0 aliphatic carbocycles. The van der Waals surface area contributed by atoms with E-state index in [0.717, 1.165) is 16.3 Å². The maximum Gasteiger partial charge on any atom is 0.246 e. The molecule has 1 amide bonds. The van der Waals surface area contributed by atoms with Crippen LogP contribution in [0.3, 0.4) is 0 Å². The third-order valence-electron chi connectivity index (χ3n) is 4.57. The number of nitrogens with two attached hydrogens (primary N) is 1. The molecule has 0 atom stereocenters. The van der Waals surface area contributed by atoms with Gasteiger partial charge >= 0.3 is 0 Å². The monoisotopic (exact) mass is 396 g/mol. The van der Waals surface area contributed by atoms with Crippen molar-refractivity contribution in [2.75, 3.05) is 46.1 Å². The van der Waals surface area contributed by atoms with Crippen molar-refractivity contribution in [1.82, 2.24) is 5.32 Å².